The lowest BCUT2D eigenvalue weighted by Gasteiger charge is -2.35. The Hall–Kier alpha value is -1.14. The normalized spacial score (nSPS) is 21.5. The topological polar surface area (TPSA) is 59.2 Å². The Morgan fingerprint density at radius 2 is 2.22 bits per heavy atom. The van der Waals surface area contributed by atoms with Crippen LogP contribution in [0.3, 0.4) is 0 Å². The number of rotatable bonds is 2. The van der Waals surface area contributed by atoms with Crippen LogP contribution in [0.4, 0.5) is 0 Å². The number of carbonyl (C=O) groups is 1. The predicted molar refractivity (Wildman–Crippen MR) is 95.3 cm³/mol. The van der Waals surface area contributed by atoms with Gasteiger partial charge in [0.15, 0.2) is 0 Å². The van der Waals surface area contributed by atoms with Crippen molar-refractivity contribution in [2.45, 2.75) is 31.8 Å². The summed E-state index contributed by atoms with van der Waals surface area (Å²) in [6, 6.07) is 5.57. The van der Waals surface area contributed by atoms with Crippen molar-refractivity contribution in [3.63, 3.8) is 0 Å². The van der Waals surface area contributed by atoms with E-state index in [4.69, 9.17) is 28.9 Å². The number of nitrogens with two attached hydrogens (primary N) is 1. The molecule has 0 bridgehead atoms. The number of thiazole rings is 1. The first kappa shape index (κ1) is 16.7. The maximum Gasteiger partial charge on any atom is 0.273 e. The van der Waals surface area contributed by atoms with Gasteiger partial charge >= 0.3 is 0 Å². The highest BCUT2D eigenvalue weighted by Crippen LogP contribution is 2.33. The third-order valence-corrected chi connectivity index (χ3v) is 5.49. The molecule has 0 aliphatic carbocycles. The first-order valence-corrected chi connectivity index (χ1v) is 9.06. The summed E-state index contributed by atoms with van der Waals surface area (Å²) in [6.07, 6.45) is 1.65. The minimum atomic E-state index is -0.0445. The second kappa shape index (κ2) is 6.77. The van der Waals surface area contributed by atoms with Gasteiger partial charge in [0.25, 0.3) is 5.91 Å². The van der Waals surface area contributed by atoms with Crippen LogP contribution in [-0.2, 0) is 0 Å². The smallest absolute Gasteiger partial charge is 0.273 e. The summed E-state index contributed by atoms with van der Waals surface area (Å²) < 4.78 is 0. The molecule has 1 aliphatic heterocycles. The molecule has 122 valence electrons. The Balaban J connectivity index is 1.82. The molecule has 23 heavy (non-hydrogen) atoms. The maximum atomic E-state index is 12.7. The molecule has 4 nitrogen and oxygen atoms in total. The average molecular weight is 370 g/mol. The van der Waals surface area contributed by atoms with Crippen molar-refractivity contribution < 1.29 is 4.79 Å². The number of carbonyl (C=O) groups excluding carboxylic acids is 1. The van der Waals surface area contributed by atoms with Crippen molar-refractivity contribution in [3.05, 3.63) is 39.3 Å². The fraction of sp³-hybridized carbons (Fsp3) is 0.375. The summed E-state index contributed by atoms with van der Waals surface area (Å²) in [5.74, 6) is -0.0445. The molecule has 2 N–H and O–H groups in total. The van der Waals surface area contributed by atoms with Gasteiger partial charge in [0.05, 0.1) is 5.02 Å². The highest BCUT2D eigenvalue weighted by molar-refractivity contribution is 7.13. The van der Waals surface area contributed by atoms with E-state index in [-0.39, 0.29) is 18.0 Å². The van der Waals surface area contributed by atoms with E-state index >= 15 is 0 Å². The minimum Gasteiger partial charge on any atom is -0.334 e. The van der Waals surface area contributed by atoms with Crippen LogP contribution >= 0.6 is 34.5 Å². The van der Waals surface area contributed by atoms with E-state index in [0.29, 0.717) is 22.3 Å². The van der Waals surface area contributed by atoms with Crippen LogP contribution in [0.15, 0.2) is 23.6 Å². The lowest BCUT2D eigenvalue weighted by molar-refractivity contribution is 0.0614. The molecule has 3 rings (SSSR count). The second-order valence-electron chi connectivity index (χ2n) is 5.79. The number of amides is 1. The zero-order chi connectivity index (χ0) is 16.6. The number of benzene rings is 1. The number of nitrogens with zero attached hydrogens (tertiary/aromatic N) is 2. The third kappa shape index (κ3) is 3.53. The highest BCUT2D eigenvalue weighted by Gasteiger charge is 2.29. The van der Waals surface area contributed by atoms with Gasteiger partial charge < -0.3 is 10.6 Å². The van der Waals surface area contributed by atoms with Gasteiger partial charge in [-0.2, -0.15) is 0 Å². The Kier molecular flexibility index (Phi) is 4.92. The van der Waals surface area contributed by atoms with E-state index in [9.17, 15) is 4.79 Å². The number of likely N-dealkylation sites (tertiary alicyclic amines) is 1. The zero-order valence-electron chi connectivity index (χ0n) is 12.6. The van der Waals surface area contributed by atoms with Crippen LogP contribution in [0.25, 0.3) is 10.6 Å². The molecule has 1 saturated heterocycles. The standard InChI is InChI=1S/C16H17Cl2N3OS/c1-9-6-11(19)4-5-21(9)16(22)14-8-23-15(20-14)12-3-2-10(17)7-13(12)18/h2-3,7-9,11H,4-6,19H2,1H3/t9-,11+/m0/s1. The highest BCUT2D eigenvalue weighted by atomic mass is 35.5. The van der Waals surface area contributed by atoms with Crippen LogP contribution in [0, 0.1) is 0 Å². The van der Waals surface area contributed by atoms with E-state index in [0.717, 1.165) is 23.4 Å². The van der Waals surface area contributed by atoms with Crippen LogP contribution in [0.2, 0.25) is 10.0 Å². The van der Waals surface area contributed by atoms with E-state index in [1.54, 1.807) is 17.5 Å². The third-order valence-electron chi connectivity index (χ3n) is 4.06. The van der Waals surface area contributed by atoms with E-state index in [1.807, 2.05) is 17.9 Å². The number of aromatic nitrogens is 1. The van der Waals surface area contributed by atoms with Gasteiger partial charge in [-0.25, -0.2) is 4.98 Å². The molecule has 0 spiro atoms. The van der Waals surface area contributed by atoms with Crippen LogP contribution in [0.5, 0.6) is 0 Å². The maximum absolute atomic E-state index is 12.7. The number of hydrogen-bond donors (Lipinski definition) is 1. The average Bonchev–Trinajstić information content (AvgIpc) is 2.96. The molecule has 2 aromatic rings. The predicted octanol–water partition coefficient (Wildman–Crippen LogP) is 4.07. The molecule has 2 atom stereocenters. The van der Waals surface area contributed by atoms with Crippen molar-refractivity contribution in [1.82, 2.24) is 9.88 Å². The summed E-state index contributed by atoms with van der Waals surface area (Å²) in [4.78, 5) is 19.0. The Morgan fingerprint density at radius 3 is 2.91 bits per heavy atom. The van der Waals surface area contributed by atoms with Gasteiger partial charge in [-0.3, -0.25) is 4.79 Å². The van der Waals surface area contributed by atoms with Gasteiger partial charge in [0.1, 0.15) is 10.7 Å². The number of hydrogen-bond acceptors (Lipinski definition) is 4. The van der Waals surface area contributed by atoms with Crippen molar-refractivity contribution in [2.24, 2.45) is 5.73 Å². The molecule has 2 heterocycles. The van der Waals surface area contributed by atoms with Gasteiger partial charge in [0.2, 0.25) is 0 Å². The Bertz CT molecular complexity index is 734. The molecular formula is C16H17Cl2N3OS. The van der Waals surface area contributed by atoms with E-state index < -0.39 is 0 Å². The summed E-state index contributed by atoms with van der Waals surface area (Å²) in [7, 11) is 0. The lowest BCUT2D eigenvalue weighted by atomic mass is 9.99. The number of halogens is 2. The molecule has 1 aromatic heterocycles. The van der Waals surface area contributed by atoms with Gasteiger partial charge in [0, 0.05) is 34.6 Å². The second-order valence-corrected chi connectivity index (χ2v) is 7.50. The molecule has 0 unspecified atom stereocenters. The molecule has 7 heteroatoms. The van der Waals surface area contributed by atoms with Crippen LogP contribution < -0.4 is 5.73 Å². The molecule has 1 amide bonds. The molecule has 0 radical (unpaired) electrons. The van der Waals surface area contributed by atoms with Crippen molar-refractivity contribution in [2.75, 3.05) is 6.54 Å². The first-order chi connectivity index (χ1) is 11.0. The van der Waals surface area contributed by atoms with Crippen molar-refractivity contribution in [1.29, 1.82) is 0 Å². The Morgan fingerprint density at radius 1 is 1.43 bits per heavy atom. The summed E-state index contributed by atoms with van der Waals surface area (Å²) in [6.45, 7) is 2.70. The SMILES string of the molecule is C[C@H]1C[C@H](N)CCN1C(=O)c1csc(-c2ccc(Cl)cc2Cl)n1. The van der Waals surface area contributed by atoms with E-state index in [2.05, 4.69) is 4.98 Å². The quantitative estimate of drug-likeness (QED) is 0.867. The van der Waals surface area contributed by atoms with Gasteiger partial charge in [-0.05, 0) is 38.0 Å². The fourth-order valence-corrected chi connectivity index (χ4v) is 4.20. The monoisotopic (exact) mass is 369 g/mol. The van der Waals surface area contributed by atoms with Crippen molar-refractivity contribution >= 4 is 40.4 Å². The minimum absolute atomic E-state index is 0.0445. The first-order valence-electron chi connectivity index (χ1n) is 7.43. The lowest BCUT2D eigenvalue weighted by Crippen LogP contribution is -2.48. The largest absolute Gasteiger partial charge is 0.334 e. The molecule has 1 aliphatic rings. The number of piperidine rings is 1. The molecule has 1 aromatic carbocycles. The summed E-state index contributed by atoms with van der Waals surface area (Å²) in [5, 5.41) is 3.61. The van der Waals surface area contributed by atoms with Gasteiger partial charge in [-0.1, -0.05) is 23.2 Å². The van der Waals surface area contributed by atoms with E-state index in [1.165, 1.54) is 11.3 Å². The zero-order valence-corrected chi connectivity index (χ0v) is 15.0. The van der Waals surface area contributed by atoms with Gasteiger partial charge in [-0.15, -0.1) is 11.3 Å². The fourth-order valence-electron chi connectivity index (χ4n) is 2.82. The van der Waals surface area contributed by atoms with Crippen LogP contribution in [-0.4, -0.2) is 34.4 Å². The van der Waals surface area contributed by atoms with Crippen molar-refractivity contribution in [3.8, 4) is 10.6 Å². The summed E-state index contributed by atoms with van der Waals surface area (Å²) in [5.41, 5.74) is 7.20. The summed E-state index contributed by atoms with van der Waals surface area (Å²) >= 11 is 13.5. The molecule has 0 saturated carbocycles. The molecular weight excluding hydrogens is 353 g/mol. The van der Waals surface area contributed by atoms with Crippen LogP contribution in [0.1, 0.15) is 30.3 Å². The Labute approximate surface area is 149 Å². The molecule has 1 fully saturated rings.